The first-order valence-corrected chi connectivity index (χ1v) is 7.96. The smallest absolute Gasteiger partial charge is 0.328 e. The van der Waals surface area contributed by atoms with Crippen molar-refractivity contribution in [3.8, 4) is 0 Å². The van der Waals surface area contributed by atoms with Crippen LogP contribution in [0.4, 0.5) is 0 Å². The fraction of sp³-hybridized carbons (Fsp3) is 0.750. The third kappa shape index (κ3) is 3.46. The van der Waals surface area contributed by atoms with Gasteiger partial charge in [-0.15, -0.1) is 0 Å². The second-order valence-corrected chi connectivity index (χ2v) is 5.98. The number of nitrogens with one attached hydrogen (secondary N) is 1. The number of carbonyl (C=O) groups is 1. The van der Waals surface area contributed by atoms with Crippen LogP contribution in [0.15, 0.2) is 6.07 Å². The minimum atomic E-state index is -0.630. The van der Waals surface area contributed by atoms with E-state index in [-0.39, 0.29) is 5.97 Å². The summed E-state index contributed by atoms with van der Waals surface area (Å²) in [5.41, 5.74) is 1.44. The van der Waals surface area contributed by atoms with E-state index in [0.29, 0.717) is 19.1 Å². The summed E-state index contributed by atoms with van der Waals surface area (Å²) >= 11 is 0. The van der Waals surface area contributed by atoms with Gasteiger partial charge in [0, 0.05) is 5.69 Å². The van der Waals surface area contributed by atoms with Crippen LogP contribution >= 0.6 is 0 Å². The SMILES string of the molecule is CCCNC(Cn1nc(C)cc1C)(C(=O)OCC)C1CC1. The van der Waals surface area contributed by atoms with Crippen LogP contribution in [-0.2, 0) is 16.1 Å². The zero-order chi connectivity index (χ0) is 15.5. The summed E-state index contributed by atoms with van der Waals surface area (Å²) in [5.74, 6) is 0.223. The van der Waals surface area contributed by atoms with Gasteiger partial charge in [-0.1, -0.05) is 6.92 Å². The van der Waals surface area contributed by atoms with Crippen molar-refractivity contribution in [2.75, 3.05) is 13.2 Å². The lowest BCUT2D eigenvalue weighted by atomic mass is 9.92. The second kappa shape index (κ2) is 6.60. The molecule has 1 unspecified atom stereocenters. The van der Waals surface area contributed by atoms with Gasteiger partial charge in [-0.2, -0.15) is 5.10 Å². The van der Waals surface area contributed by atoms with Gasteiger partial charge < -0.3 is 10.1 Å². The fourth-order valence-electron chi connectivity index (χ4n) is 2.89. The van der Waals surface area contributed by atoms with Crippen molar-refractivity contribution < 1.29 is 9.53 Å². The molecule has 0 aromatic carbocycles. The Labute approximate surface area is 127 Å². The summed E-state index contributed by atoms with van der Waals surface area (Å²) < 4.78 is 7.32. The van der Waals surface area contributed by atoms with Crippen LogP contribution in [0.1, 0.15) is 44.5 Å². The summed E-state index contributed by atoms with van der Waals surface area (Å²) in [5, 5.41) is 8.00. The summed E-state index contributed by atoms with van der Waals surface area (Å²) in [6.45, 7) is 9.76. The molecule has 1 heterocycles. The monoisotopic (exact) mass is 293 g/mol. The topological polar surface area (TPSA) is 56.2 Å². The van der Waals surface area contributed by atoms with E-state index in [2.05, 4.69) is 17.3 Å². The lowest BCUT2D eigenvalue weighted by Gasteiger charge is -2.33. The van der Waals surface area contributed by atoms with Crippen LogP contribution in [0.3, 0.4) is 0 Å². The molecular weight excluding hydrogens is 266 g/mol. The predicted molar refractivity (Wildman–Crippen MR) is 82.1 cm³/mol. The minimum absolute atomic E-state index is 0.131. The molecule has 1 fully saturated rings. The Hall–Kier alpha value is -1.36. The average Bonchev–Trinajstić information content (AvgIpc) is 3.22. The first-order chi connectivity index (χ1) is 10.0. The maximum atomic E-state index is 12.6. The van der Waals surface area contributed by atoms with Gasteiger partial charge in [0.1, 0.15) is 5.54 Å². The highest BCUT2D eigenvalue weighted by Crippen LogP contribution is 2.41. The van der Waals surface area contributed by atoms with Crippen molar-refractivity contribution in [3.63, 3.8) is 0 Å². The Morgan fingerprint density at radius 1 is 1.48 bits per heavy atom. The Bertz CT molecular complexity index is 494. The molecule has 5 nitrogen and oxygen atoms in total. The summed E-state index contributed by atoms with van der Waals surface area (Å²) in [4.78, 5) is 12.6. The minimum Gasteiger partial charge on any atom is -0.465 e. The number of hydrogen-bond donors (Lipinski definition) is 1. The van der Waals surface area contributed by atoms with E-state index in [1.807, 2.05) is 31.5 Å². The van der Waals surface area contributed by atoms with Gasteiger partial charge in [-0.3, -0.25) is 4.68 Å². The van der Waals surface area contributed by atoms with Gasteiger partial charge in [-0.25, -0.2) is 4.79 Å². The molecule has 21 heavy (non-hydrogen) atoms. The van der Waals surface area contributed by atoms with E-state index < -0.39 is 5.54 Å². The van der Waals surface area contributed by atoms with E-state index in [1.54, 1.807) is 0 Å². The Morgan fingerprint density at radius 2 is 2.19 bits per heavy atom. The molecule has 1 aliphatic carbocycles. The third-order valence-electron chi connectivity index (χ3n) is 4.11. The standard InChI is InChI=1S/C16H27N3O2/c1-5-9-17-16(14-7-8-14,15(20)21-6-2)11-19-13(4)10-12(3)18-19/h10,14,17H,5-9,11H2,1-4H3. The number of hydrogen-bond acceptors (Lipinski definition) is 4. The third-order valence-corrected chi connectivity index (χ3v) is 4.11. The number of aromatic nitrogens is 2. The zero-order valence-electron chi connectivity index (χ0n) is 13.6. The molecule has 1 aromatic rings. The van der Waals surface area contributed by atoms with E-state index in [1.165, 1.54) is 0 Å². The van der Waals surface area contributed by atoms with Crippen molar-refractivity contribution in [1.82, 2.24) is 15.1 Å². The number of ether oxygens (including phenoxy) is 1. The normalized spacial score (nSPS) is 17.5. The van der Waals surface area contributed by atoms with Gasteiger partial charge in [0.2, 0.25) is 0 Å². The van der Waals surface area contributed by atoms with Gasteiger partial charge in [-0.05, 0) is 58.6 Å². The molecule has 0 saturated heterocycles. The highest BCUT2D eigenvalue weighted by molar-refractivity contribution is 5.81. The molecular formula is C16H27N3O2. The molecule has 1 aliphatic rings. The zero-order valence-corrected chi connectivity index (χ0v) is 13.6. The molecule has 0 radical (unpaired) electrons. The Kier molecular flexibility index (Phi) is 5.04. The second-order valence-electron chi connectivity index (χ2n) is 5.98. The molecule has 1 N–H and O–H groups in total. The van der Waals surface area contributed by atoms with Crippen LogP contribution < -0.4 is 5.32 Å². The van der Waals surface area contributed by atoms with Crippen LogP contribution in [-0.4, -0.2) is 34.4 Å². The Balaban J connectivity index is 2.28. The number of aryl methyl sites for hydroxylation is 2. The van der Waals surface area contributed by atoms with E-state index in [4.69, 9.17) is 4.74 Å². The van der Waals surface area contributed by atoms with Crippen LogP contribution in [0.2, 0.25) is 0 Å². The summed E-state index contributed by atoms with van der Waals surface area (Å²) in [7, 11) is 0. The maximum Gasteiger partial charge on any atom is 0.328 e. The van der Waals surface area contributed by atoms with Crippen molar-refractivity contribution in [2.45, 2.75) is 59.0 Å². The number of carbonyl (C=O) groups excluding carboxylic acids is 1. The molecule has 0 amide bonds. The van der Waals surface area contributed by atoms with Gasteiger partial charge in [0.25, 0.3) is 0 Å². The van der Waals surface area contributed by atoms with Crippen LogP contribution in [0.5, 0.6) is 0 Å². The molecule has 1 aromatic heterocycles. The number of rotatable bonds is 8. The summed E-state index contributed by atoms with van der Waals surface area (Å²) in [6.07, 6.45) is 3.15. The first kappa shape index (κ1) is 16.0. The lowest BCUT2D eigenvalue weighted by molar-refractivity contribution is -0.153. The maximum absolute atomic E-state index is 12.6. The summed E-state index contributed by atoms with van der Waals surface area (Å²) in [6, 6.07) is 2.04. The van der Waals surface area contributed by atoms with Crippen molar-refractivity contribution in [3.05, 3.63) is 17.5 Å². The molecule has 0 aliphatic heterocycles. The lowest BCUT2D eigenvalue weighted by Crippen LogP contribution is -2.58. The molecule has 118 valence electrons. The highest BCUT2D eigenvalue weighted by atomic mass is 16.5. The number of esters is 1. The van der Waals surface area contributed by atoms with Gasteiger partial charge in [0.05, 0.1) is 18.8 Å². The van der Waals surface area contributed by atoms with Crippen LogP contribution in [0.25, 0.3) is 0 Å². The average molecular weight is 293 g/mol. The molecule has 0 bridgehead atoms. The molecule has 0 spiro atoms. The molecule has 5 heteroatoms. The fourth-order valence-corrected chi connectivity index (χ4v) is 2.89. The van der Waals surface area contributed by atoms with Gasteiger partial charge >= 0.3 is 5.97 Å². The van der Waals surface area contributed by atoms with Crippen molar-refractivity contribution in [2.24, 2.45) is 5.92 Å². The molecule has 1 atom stereocenters. The predicted octanol–water partition coefficient (Wildman–Crippen LogP) is 2.21. The van der Waals surface area contributed by atoms with E-state index >= 15 is 0 Å². The first-order valence-electron chi connectivity index (χ1n) is 7.96. The van der Waals surface area contributed by atoms with E-state index in [9.17, 15) is 4.79 Å². The van der Waals surface area contributed by atoms with Crippen LogP contribution in [0, 0.1) is 19.8 Å². The highest BCUT2D eigenvalue weighted by Gasteiger charge is 2.52. The Morgan fingerprint density at radius 3 is 2.67 bits per heavy atom. The van der Waals surface area contributed by atoms with Crippen molar-refractivity contribution in [1.29, 1.82) is 0 Å². The molecule has 1 saturated carbocycles. The largest absolute Gasteiger partial charge is 0.465 e. The number of nitrogens with zero attached hydrogens (tertiary/aromatic N) is 2. The quantitative estimate of drug-likeness (QED) is 0.747. The van der Waals surface area contributed by atoms with E-state index in [0.717, 1.165) is 37.2 Å². The van der Waals surface area contributed by atoms with Crippen molar-refractivity contribution >= 4 is 5.97 Å². The molecule has 2 rings (SSSR count). The van der Waals surface area contributed by atoms with Gasteiger partial charge in [0.15, 0.2) is 0 Å².